The molecule has 0 aliphatic rings. The number of nitrogens with zero attached hydrogens (tertiary/aromatic N) is 1. The van der Waals surface area contributed by atoms with Crippen LogP contribution in [0, 0.1) is 0 Å². The standard InChI is InChI=1S/C14H23NO2/c1-4-12(16)8-7-11-15(2)13-9-5-6-10-14(13)17-3/h5-6,9-10,12,16H,4,7-8,11H2,1-3H3. The molecule has 1 unspecified atom stereocenters. The summed E-state index contributed by atoms with van der Waals surface area (Å²) in [5, 5.41) is 9.50. The lowest BCUT2D eigenvalue weighted by Crippen LogP contribution is -2.20. The van der Waals surface area contributed by atoms with Crippen molar-refractivity contribution in [2.45, 2.75) is 32.3 Å². The summed E-state index contributed by atoms with van der Waals surface area (Å²) in [5.74, 6) is 0.894. The van der Waals surface area contributed by atoms with Crippen molar-refractivity contribution in [3.63, 3.8) is 0 Å². The summed E-state index contributed by atoms with van der Waals surface area (Å²) in [4.78, 5) is 2.17. The van der Waals surface area contributed by atoms with Crippen molar-refractivity contribution in [1.82, 2.24) is 0 Å². The van der Waals surface area contributed by atoms with Crippen LogP contribution in [0.25, 0.3) is 0 Å². The monoisotopic (exact) mass is 237 g/mol. The van der Waals surface area contributed by atoms with E-state index in [0.29, 0.717) is 0 Å². The fraction of sp³-hybridized carbons (Fsp3) is 0.571. The van der Waals surface area contributed by atoms with Crippen LogP contribution < -0.4 is 9.64 Å². The summed E-state index contributed by atoms with van der Waals surface area (Å²) in [6.45, 7) is 2.94. The zero-order valence-electron chi connectivity index (χ0n) is 11.0. The molecule has 0 radical (unpaired) electrons. The van der Waals surface area contributed by atoms with Crippen molar-refractivity contribution in [2.24, 2.45) is 0 Å². The van der Waals surface area contributed by atoms with Crippen LogP contribution in [-0.2, 0) is 0 Å². The Bertz CT molecular complexity index is 328. The van der Waals surface area contributed by atoms with Gasteiger partial charge < -0.3 is 14.7 Å². The highest BCUT2D eigenvalue weighted by Gasteiger charge is 2.07. The molecule has 0 saturated carbocycles. The molecule has 96 valence electrons. The van der Waals surface area contributed by atoms with Gasteiger partial charge in [0.2, 0.25) is 0 Å². The molecule has 17 heavy (non-hydrogen) atoms. The maximum absolute atomic E-state index is 9.50. The quantitative estimate of drug-likeness (QED) is 0.791. The molecule has 0 fully saturated rings. The van der Waals surface area contributed by atoms with Gasteiger partial charge in [-0.15, -0.1) is 0 Å². The first-order chi connectivity index (χ1) is 8.19. The highest BCUT2D eigenvalue weighted by Crippen LogP contribution is 2.26. The molecule has 1 aromatic rings. The number of ether oxygens (including phenoxy) is 1. The Morgan fingerprint density at radius 3 is 2.71 bits per heavy atom. The molecule has 3 heteroatoms. The number of benzene rings is 1. The number of hydrogen-bond acceptors (Lipinski definition) is 3. The lowest BCUT2D eigenvalue weighted by molar-refractivity contribution is 0.158. The summed E-state index contributed by atoms with van der Waals surface area (Å²) < 4.78 is 5.32. The SMILES string of the molecule is CCC(O)CCCN(C)c1ccccc1OC. The molecule has 3 nitrogen and oxygen atoms in total. The number of aliphatic hydroxyl groups is 1. The number of hydrogen-bond donors (Lipinski definition) is 1. The van der Waals surface area contributed by atoms with E-state index in [9.17, 15) is 5.11 Å². The Morgan fingerprint density at radius 2 is 2.06 bits per heavy atom. The molecular formula is C14H23NO2. The van der Waals surface area contributed by atoms with Crippen molar-refractivity contribution in [1.29, 1.82) is 0 Å². The molecule has 1 N–H and O–H groups in total. The van der Waals surface area contributed by atoms with E-state index in [2.05, 4.69) is 18.0 Å². The van der Waals surface area contributed by atoms with Gasteiger partial charge in [-0.25, -0.2) is 0 Å². The van der Waals surface area contributed by atoms with E-state index in [1.165, 1.54) is 0 Å². The third-order valence-electron chi connectivity index (χ3n) is 3.00. The molecule has 1 aromatic carbocycles. The highest BCUT2D eigenvalue weighted by molar-refractivity contribution is 5.57. The van der Waals surface area contributed by atoms with Crippen LogP contribution in [0.3, 0.4) is 0 Å². The molecule has 0 amide bonds. The number of methoxy groups -OCH3 is 1. The Labute approximate surface area is 104 Å². The molecule has 1 atom stereocenters. The van der Waals surface area contributed by atoms with Crippen LogP contribution in [-0.4, -0.2) is 31.9 Å². The van der Waals surface area contributed by atoms with E-state index >= 15 is 0 Å². The number of para-hydroxylation sites is 2. The molecule has 0 aromatic heterocycles. The summed E-state index contributed by atoms with van der Waals surface area (Å²) in [7, 11) is 3.74. The van der Waals surface area contributed by atoms with Gasteiger partial charge in [0.25, 0.3) is 0 Å². The van der Waals surface area contributed by atoms with Crippen LogP contribution >= 0.6 is 0 Å². The smallest absolute Gasteiger partial charge is 0.142 e. The Hall–Kier alpha value is -1.22. The zero-order chi connectivity index (χ0) is 12.7. The van der Waals surface area contributed by atoms with Crippen LogP contribution in [0.2, 0.25) is 0 Å². The predicted molar refractivity (Wildman–Crippen MR) is 71.8 cm³/mol. The Balaban J connectivity index is 2.49. The van der Waals surface area contributed by atoms with Crippen molar-refractivity contribution in [3.05, 3.63) is 24.3 Å². The van der Waals surface area contributed by atoms with Crippen molar-refractivity contribution in [3.8, 4) is 5.75 Å². The molecule has 0 spiro atoms. The summed E-state index contributed by atoms with van der Waals surface area (Å²) >= 11 is 0. The Kier molecular flexibility index (Phi) is 5.84. The third kappa shape index (κ3) is 4.27. The lowest BCUT2D eigenvalue weighted by atomic mass is 10.1. The third-order valence-corrected chi connectivity index (χ3v) is 3.00. The first kappa shape index (κ1) is 13.8. The largest absolute Gasteiger partial charge is 0.495 e. The molecule has 0 aliphatic carbocycles. The maximum atomic E-state index is 9.50. The van der Waals surface area contributed by atoms with Gasteiger partial charge in [0.05, 0.1) is 18.9 Å². The molecular weight excluding hydrogens is 214 g/mol. The van der Waals surface area contributed by atoms with Gasteiger partial charge in [-0.2, -0.15) is 0 Å². The fourth-order valence-corrected chi connectivity index (χ4v) is 1.83. The highest BCUT2D eigenvalue weighted by atomic mass is 16.5. The van der Waals surface area contributed by atoms with Crippen LogP contribution in [0.15, 0.2) is 24.3 Å². The van der Waals surface area contributed by atoms with Gasteiger partial charge >= 0.3 is 0 Å². The van der Waals surface area contributed by atoms with Crippen LogP contribution in [0.5, 0.6) is 5.75 Å². The zero-order valence-corrected chi connectivity index (χ0v) is 11.0. The molecule has 0 aliphatic heterocycles. The van der Waals surface area contributed by atoms with Gasteiger partial charge in [-0.1, -0.05) is 19.1 Å². The van der Waals surface area contributed by atoms with Gasteiger partial charge in [0, 0.05) is 13.6 Å². The molecule has 0 bridgehead atoms. The Morgan fingerprint density at radius 1 is 1.35 bits per heavy atom. The van der Waals surface area contributed by atoms with E-state index in [0.717, 1.165) is 37.2 Å². The van der Waals surface area contributed by atoms with Crippen molar-refractivity contribution in [2.75, 3.05) is 25.6 Å². The van der Waals surface area contributed by atoms with E-state index in [1.807, 2.05) is 25.1 Å². The van der Waals surface area contributed by atoms with E-state index in [4.69, 9.17) is 4.74 Å². The topological polar surface area (TPSA) is 32.7 Å². The lowest BCUT2D eigenvalue weighted by Gasteiger charge is -2.22. The van der Waals surface area contributed by atoms with Crippen LogP contribution in [0.1, 0.15) is 26.2 Å². The normalized spacial score (nSPS) is 12.2. The van der Waals surface area contributed by atoms with E-state index < -0.39 is 0 Å². The second-order valence-electron chi connectivity index (χ2n) is 4.30. The van der Waals surface area contributed by atoms with Gasteiger partial charge in [0.1, 0.15) is 5.75 Å². The summed E-state index contributed by atoms with van der Waals surface area (Å²) in [6.07, 6.45) is 2.51. The number of anilines is 1. The average molecular weight is 237 g/mol. The summed E-state index contributed by atoms with van der Waals surface area (Å²) in [6, 6.07) is 7.99. The number of aliphatic hydroxyl groups excluding tert-OH is 1. The number of rotatable bonds is 7. The average Bonchev–Trinajstić information content (AvgIpc) is 2.38. The minimum Gasteiger partial charge on any atom is -0.495 e. The molecule has 0 saturated heterocycles. The molecule has 1 rings (SSSR count). The maximum Gasteiger partial charge on any atom is 0.142 e. The predicted octanol–water partition coefficient (Wildman–Crippen LogP) is 2.68. The van der Waals surface area contributed by atoms with Gasteiger partial charge in [-0.3, -0.25) is 0 Å². The van der Waals surface area contributed by atoms with Gasteiger partial charge in [-0.05, 0) is 31.4 Å². The minimum absolute atomic E-state index is 0.166. The van der Waals surface area contributed by atoms with E-state index in [-0.39, 0.29) is 6.10 Å². The van der Waals surface area contributed by atoms with Crippen molar-refractivity contribution >= 4 is 5.69 Å². The minimum atomic E-state index is -0.166. The van der Waals surface area contributed by atoms with Gasteiger partial charge in [0.15, 0.2) is 0 Å². The second kappa shape index (κ2) is 7.17. The van der Waals surface area contributed by atoms with Crippen LogP contribution in [0.4, 0.5) is 5.69 Å². The first-order valence-corrected chi connectivity index (χ1v) is 6.21. The summed E-state index contributed by atoms with van der Waals surface area (Å²) in [5.41, 5.74) is 1.10. The van der Waals surface area contributed by atoms with E-state index in [1.54, 1.807) is 7.11 Å². The second-order valence-corrected chi connectivity index (χ2v) is 4.30. The fourth-order valence-electron chi connectivity index (χ4n) is 1.83. The first-order valence-electron chi connectivity index (χ1n) is 6.21. The van der Waals surface area contributed by atoms with Crippen molar-refractivity contribution < 1.29 is 9.84 Å². The molecule has 0 heterocycles.